The number of ether oxygens (including phenoxy) is 1. The van der Waals surface area contributed by atoms with Gasteiger partial charge in [-0.1, -0.05) is 18.2 Å². The van der Waals surface area contributed by atoms with Gasteiger partial charge in [0, 0.05) is 31.9 Å². The third kappa shape index (κ3) is 4.40. The smallest absolute Gasteiger partial charge is 0.260 e. The van der Waals surface area contributed by atoms with Gasteiger partial charge in [0.1, 0.15) is 5.75 Å². The number of hydrogen-bond donors (Lipinski definition) is 1. The first-order valence-corrected chi connectivity index (χ1v) is 10.1. The molecule has 1 amide bonds. The van der Waals surface area contributed by atoms with Crippen LogP contribution in [0.1, 0.15) is 5.56 Å². The van der Waals surface area contributed by atoms with Gasteiger partial charge >= 0.3 is 0 Å². The van der Waals surface area contributed by atoms with E-state index in [0.717, 1.165) is 5.56 Å². The van der Waals surface area contributed by atoms with E-state index in [1.807, 2.05) is 31.2 Å². The molecule has 2 aromatic carbocycles. The lowest BCUT2D eigenvalue weighted by Gasteiger charge is -2.34. The molecule has 144 valence electrons. The first-order chi connectivity index (χ1) is 12.9. The van der Waals surface area contributed by atoms with Crippen LogP contribution in [0.2, 0.25) is 0 Å². The van der Waals surface area contributed by atoms with Crippen LogP contribution in [0.4, 0.5) is 5.69 Å². The first-order valence-electron chi connectivity index (χ1n) is 8.70. The van der Waals surface area contributed by atoms with Crippen LogP contribution in [0.3, 0.4) is 0 Å². The van der Waals surface area contributed by atoms with Gasteiger partial charge in [-0.2, -0.15) is 4.31 Å². The van der Waals surface area contributed by atoms with Gasteiger partial charge in [0.25, 0.3) is 5.91 Å². The highest BCUT2D eigenvalue weighted by Crippen LogP contribution is 2.19. The van der Waals surface area contributed by atoms with Crippen molar-refractivity contribution >= 4 is 21.6 Å². The largest absolute Gasteiger partial charge is 0.484 e. The van der Waals surface area contributed by atoms with Gasteiger partial charge in [0.05, 0.1) is 4.90 Å². The van der Waals surface area contributed by atoms with Gasteiger partial charge in [0.2, 0.25) is 10.0 Å². The van der Waals surface area contributed by atoms with Gasteiger partial charge in [-0.15, -0.1) is 0 Å². The van der Waals surface area contributed by atoms with Crippen molar-refractivity contribution in [3.05, 3.63) is 54.1 Å². The predicted octanol–water partition coefficient (Wildman–Crippen LogP) is 1.49. The first kappa shape index (κ1) is 19.2. The number of sulfonamides is 1. The zero-order chi connectivity index (χ0) is 19.4. The normalized spacial score (nSPS) is 15.5. The molecule has 7 nitrogen and oxygen atoms in total. The van der Waals surface area contributed by atoms with Crippen molar-refractivity contribution in [2.24, 2.45) is 0 Å². The molecule has 1 fully saturated rings. The molecule has 8 heteroatoms. The molecule has 1 heterocycles. The van der Waals surface area contributed by atoms with Gasteiger partial charge in [-0.25, -0.2) is 8.42 Å². The molecule has 2 aromatic rings. The highest BCUT2D eigenvalue weighted by atomic mass is 32.2. The number of benzene rings is 2. The molecule has 3 rings (SSSR count). The quantitative estimate of drug-likeness (QED) is 0.782. The Kier molecular flexibility index (Phi) is 5.67. The highest BCUT2D eigenvalue weighted by Gasteiger charge is 2.30. The van der Waals surface area contributed by atoms with Crippen molar-refractivity contribution in [1.29, 1.82) is 0 Å². The third-order valence-electron chi connectivity index (χ3n) is 4.55. The van der Waals surface area contributed by atoms with Crippen LogP contribution in [0, 0.1) is 6.92 Å². The van der Waals surface area contributed by atoms with Crippen molar-refractivity contribution in [3.8, 4) is 5.75 Å². The second kappa shape index (κ2) is 7.98. The minimum absolute atomic E-state index is 0.0600. The molecular formula is C19H23N3O4S. The Balaban J connectivity index is 1.56. The summed E-state index contributed by atoms with van der Waals surface area (Å²) in [4.78, 5) is 14.2. The van der Waals surface area contributed by atoms with Crippen molar-refractivity contribution in [2.45, 2.75) is 11.8 Å². The van der Waals surface area contributed by atoms with E-state index >= 15 is 0 Å². The number of anilines is 1. The maximum absolute atomic E-state index is 12.7. The van der Waals surface area contributed by atoms with Crippen molar-refractivity contribution in [1.82, 2.24) is 9.21 Å². The lowest BCUT2D eigenvalue weighted by Crippen LogP contribution is -2.51. The lowest BCUT2D eigenvalue weighted by molar-refractivity contribution is -0.134. The van der Waals surface area contributed by atoms with Gasteiger partial charge in [-0.3, -0.25) is 4.79 Å². The van der Waals surface area contributed by atoms with E-state index < -0.39 is 10.0 Å². The molecule has 0 saturated carbocycles. The van der Waals surface area contributed by atoms with Gasteiger partial charge in [0.15, 0.2) is 6.61 Å². The molecular weight excluding hydrogens is 366 g/mol. The van der Waals surface area contributed by atoms with E-state index in [1.165, 1.54) is 16.4 Å². The van der Waals surface area contributed by atoms with Crippen LogP contribution in [-0.4, -0.2) is 56.3 Å². The number of nitrogens with two attached hydrogens (primary N) is 1. The van der Waals surface area contributed by atoms with Crippen LogP contribution in [-0.2, 0) is 14.8 Å². The second-order valence-electron chi connectivity index (χ2n) is 6.41. The number of nitrogen functional groups attached to an aromatic ring is 1. The highest BCUT2D eigenvalue weighted by molar-refractivity contribution is 7.89. The van der Waals surface area contributed by atoms with Crippen LogP contribution in [0.5, 0.6) is 5.75 Å². The Morgan fingerprint density at radius 2 is 1.67 bits per heavy atom. The molecule has 0 aliphatic carbocycles. The minimum Gasteiger partial charge on any atom is -0.484 e. The number of nitrogens with zero attached hydrogens (tertiary/aromatic N) is 2. The summed E-state index contributed by atoms with van der Waals surface area (Å²) in [6, 6.07) is 13.6. The molecule has 0 radical (unpaired) electrons. The summed E-state index contributed by atoms with van der Waals surface area (Å²) in [6.07, 6.45) is 0. The summed E-state index contributed by atoms with van der Waals surface area (Å²) in [5, 5.41) is 0. The van der Waals surface area contributed by atoms with Crippen LogP contribution < -0.4 is 10.5 Å². The topological polar surface area (TPSA) is 92.9 Å². The fourth-order valence-electron chi connectivity index (χ4n) is 2.92. The van der Waals surface area contributed by atoms with E-state index in [-0.39, 0.29) is 30.5 Å². The number of hydrogen-bond acceptors (Lipinski definition) is 5. The lowest BCUT2D eigenvalue weighted by atomic mass is 10.2. The number of para-hydroxylation sites is 1. The fraction of sp³-hybridized carbons (Fsp3) is 0.316. The zero-order valence-electron chi connectivity index (χ0n) is 15.2. The van der Waals surface area contributed by atoms with E-state index in [4.69, 9.17) is 10.5 Å². The number of aryl methyl sites for hydroxylation is 1. The van der Waals surface area contributed by atoms with Crippen molar-refractivity contribution in [3.63, 3.8) is 0 Å². The summed E-state index contributed by atoms with van der Waals surface area (Å²) in [5.74, 6) is 0.526. The monoisotopic (exact) mass is 389 g/mol. The molecule has 0 spiro atoms. The fourth-order valence-corrected chi connectivity index (χ4v) is 4.34. The molecule has 0 unspecified atom stereocenters. The van der Waals surface area contributed by atoms with E-state index in [9.17, 15) is 13.2 Å². The number of piperazine rings is 1. The Hall–Kier alpha value is -2.58. The number of amides is 1. The number of carbonyl (C=O) groups is 1. The van der Waals surface area contributed by atoms with E-state index in [0.29, 0.717) is 24.5 Å². The van der Waals surface area contributed by atoms with Crippen molar-refractivity contribution in [2.75, 3.05) is 38.5 Å². The van der Waals surface area contributed by atoms with Crippen LogP contribution in [0.15, 0.2) is 53.4 Å². The Labute approximate surface area is 159 Å². The van der Waals surface area contributed by atoms with Crippen LogP contribution >= 0.6 is 0 Å². The predicted molar refractivity (Wildman–Crippen MR) is 103 cm³/mol. The van der Waals surface area contributed by atoms with Gasteiger partial charge < -0.3 is 15.4 Å². The molecule has 0 atom stereocenters. The number of rotatable bonds is 5. The summed E-state index contributed by atoms with van der Waals surface area (Å²) in [5.41, 5.74) is 7.09. The van der Waals surface area contributed by atoms with Gasteiger partial charge in [-0.05, 0) is 42.8 Å². The number of carbonyl (C=O) groups excluding carboxylic acids is 1. The average Bonchev–Trinajstić information content (AvgIpc) is 2.67. The maximum Gasteiger partial charge on any atom is 0.260 e. The summed E-state index contributed by atoms with van der Waals surface area (Å²) in [7, 11) is -3.58. The molecule has 1 saturated heterocycles. The molecule has 1 aliphatic heterocycles. The Morgan fingerprint density at radius 3 is 2.30 bits per heavy atom. The molecule has 1 aliphatic rings. The van der Waals surface area contributed by atoms with E-state index in [1.54, 1.807) is 17.0 Å². The maximum atomic E-state index is 12.7. The summed E-state index contributed by atoms with van der Waals surface area (Å²) < 4.78 is 32.3. The average molecular weight is 389 g/mol. The third-order valence-corrected chi connectivity index (χ3v) is 6.47. The van der Waals surface area contributed by atoms with Crippen molar-refractivity contribution < 1.29 is 17.9 Å². The zero-order valence-corrected chi connectivity index (χ0v) is 16.0. The molecule has 0 bridgehead atoms. The van der Waals surface area contributed by atoms with Crippen LogP contribution in [0.25, 0.3) is 0 Å². The second-order valence-corrected chi connectivity index (χ2v) is 8.35. The molecule has 0 aromatic heterocycles. The standard InChI is InChI=1S/C19H23N3O4S/c1-15-4-2-3-5-18(15)26-14-19(23)21-10-12-22(13-11-21)27(24,25)17-8-6-16(20)7-9-17/h2-9H,10-14,20H2,1H3. The Morgan fingerprint density at radius 1 is 1.04 bits per heavy atom. The SMILES string of the molecule is Cc1ccccc1OCC(=O)N1CCN(S(=O)(=O)c2ccc(N)cc2)CC1. The molecule has 2 N–H and O–H groups in total. The summed E-state index contributed by atoms with van der Waals surface area (Å²) >= 11 is 0. The minimum atomic E-state index is -3.58. The Bertz CT molecular complexity index is 905. The van der Waals surface area contributed by atoms with E-state index in [2.05, 4.69) is 0 Å². The molecule has 27 heavy (non-hydrogen) atoms. The summed E-state index contributed by atoms with van der Waals surface area (Å²) in [6.45, 7) is 3.04.